The molecule has 0 aromatic rings. The van der Waals surface area contributed by atoms with Gasteiger partial charge in [-0.05, 0) is 30.7 Å². The number of alkyl halides is 1. The Kier molecular flexibility index (Phi) is 1.83. The molecule has 1 nitrogen and oxygen atoms in total. The van der Waals surface area contributed by atoms with Crippen LogP contribution in [0.2, 0.25) is 0 Å². The fourth-order valence-corrected chi connectivity index (χ4v) is 3.80. The summed E-state index contributed by atoms with van der Waals surface area (Å²) in [6.07, 6.45) is 2.47. The number of rotatable bonds is 0. The van der Waals surface area contributed by atoms with E-state index in [1.54, 1.807) is 0 Å². The van der Waals surface area contributed by atoms with Gasteiger partial charge >= 0.3 is 0 Å². The number of fused-ring (bicyclic) bond motifs is 2. The van der Waals surface area contributed by atoms with E-state index in [1.807, 2.05) is 0 Å². The van der Waals surface area contributed by atoms with Crippen LogP contribution in [0.4, 0.5) is 0 Å². The van der Waals surface area contributed by atoms with Crippen molar-refractivity contribution in [1.82, 2.24) is 4.90 Å². The van der Waals surface area contributed by atoms with Crippen molar-refractivity contribution in [1.29, 1.82) is 0 Å². The van der Waals surface area contributed by atoms with Gasteiger partial charge in [-0.3, -0.25) is 0 Å². The maximum Gasteiger partial charge on any atom is 0.0629 e. The van der Waals surface area contributed by atoms with Crippen LogP contribution in [0.1, 0.15) is 33.6 Å². The van der Waals surface area contributed by atoms with E-state index in [2.05, 4.69) is 32.7 Å². The molecular weight excluding hydrogens is 182 g/mol. The predicted molar refractivity (Wildman–Crippen MR) is 57.2 cm³/mol. The van der Waals surface area contributed by atoms with E-state index in [4.69, 9.17) is 11.6 Å². The molecule has 2 unspecified atom stereocenters. The van der Waals surface area contributed by atoms with Crippen LogP contribution in [0, 0.1) is 10.8 Å². The molecule has 0 spiro atoms. The average Bonchev–Trinajstić information content (AvgIpc) is 2.15. The highest BCUT2D eigenvalue weighted by molar-refractivity contribution is 6.25. The van der Waals surface area contributed by atoms with E-state index in [9.17, 15) is 0 Å². The lowest BCUT2D eigenvalue weighted by atomic mass is 9.63. The predicted octanol–water partition coefficient (Wildman–Crippen LogP) is 2.74. The SMILES string of the molecule is CN1CC2(C)CCC(Cl)(C1)C2(C)C. The Morgan fingerprint density at radius 2 is 1.69 bits per heavy atom. The molecule has 1 aliphatic carbocycles. The second kappa shape index (κ2) is 2.43. The fourth-order valence-electron chi connectivity index (χ4n) is 3.27. The highest BCUT2D eigenvalue weighted by atomic mass is 35.5. The molecule has 0 N–H and O–H groups in total. The number of halogens is 1. The standard InChI is InChI=1S/C11H20ClN/c1-9(2)10(3)5-6-11(9,12)8-13(4)7-10/h5-8H2,1-4H3. The Balaban J connectivity index is 2.42. The summed E-state index contributed by atoms with van der Waals surface area (Å²) in [5.74, 6) is 0. The molecule has 1 heterocycles. The van der Waals surface area contributed by atoms with E-state index in [-0.39, 0.29) is 10.3 Å². The van der Waals surface area contributed by atoms with Crippen molar-refractivity contribution in [3.8, 4) is 0 Å². The van der Waals surface area contributed by atoms with Crippen molar-refractivity contribution in [2.45, 2.75) is 38.5 Å². The van der Waals surface area contributed by atoms with Gasteiger partial charge in [-0.25, -0.2) is 0 Å². The van der Waals surface area contributed by atoms with Gasteiger partial charge in [0.1, 0.15) is 0 Å². The van der Waals surface area contributed by atoms with Gasteiger partial charge in [0.15, 0.2) is 0 Å². The number of hydrogen-bond donors (Lipinski definition) is 0. The van der Waals surface area contributed by atoms with E-state index in [1.165, 1.54) is 19.4 Å². The molecule has 76 valence electrons. The minimum Gasteiger partial charge on any atom is -0.304 e. The van der Waals surface area contributed by atoms with Crippen molar-refractivity contribution in [3.63, 3.8) is 0 Å². The topological polar surface area (TPSA) is 3.24 Å². The van der Waals surface area contributed by atoms with Crippen LogP contribution in [0.5, 0.6) is 0 Å². The Bertz CT molecular complexity index is 216. The highest BCUT2D eigenvalue weighted by Crippen LogP contribution is 2.63. The first-order chi connectivity index (χ1) is 5.81. The first-order valence-electron chi connectivity index (χ1n) is 5.18. The molecule has 2 atom stereocenters. The molecular formula is C11H20ClN. The van der Waals surface area contributed by atoms with E-state index in [0.717, 1.165) is 6.54 Å². The zero-order chi connectivity index (χ0) is 9.91. The number of hydrogen-bond acceptors (Lipinski definition) is 1. The zero-order valence-corrected chi connectivity index (χ0v) is 9.91. The number of piperidine rings is 1. The Morgan fingerprint density at radius 3 is 2.23 bits per heavy atom. The third-order valence-corrected chi connectivity index (χ3v) is 5.62. The average molecular weight is 202 g/mol. The van der Waals surface area contributed by atoms with Gasteiger partial charge in [-0.1, -0.05) is 20.8 Å². The van der Waals surface area contributed by atoms with Crippen LogP contribution < -0.4 is 0 Å². The van der Waals surface area contributed by atoms with Crippen molar-refractivity contribution in [3.05, 3.63) is 0 Å². The fraction of sp³-hybridized carbons (Fsp3) is 1.00. The van der Waals surface area contributed by atoms with Crippen LogP contribution in [0.3, 0.4) is 0 Å². The van der Waals surface area contributed by atoms with Gasteiger partial charge in [-0.15, -0.1) is 11.6 Å². The zero-order valence-electron chi connectivity index (χ0n) is 9.15. The van der Waals surface area contributed by atoms with E-state index in [0.29, 0.717) is 5.41 Å². The van der Waals surface area contributed by atoms with E-state index >= 15 is 0 Å². The maximum atomic E-state index is 6.74. The van der Waals surface area contributed by atoms with Crippen LogP contribution in [0.25, 0.3) is 0 Å². The van der Waals surface area contributed by atoms with Crippen LogP contribution in [-0.4, -0.2) is 29.9 Å². The summed E-state index contributed by atoms with van der Waals surface area (Å²) < 4.78 is 0. The number of nitrogens with zero attached hydrogens (tertiary/aromatic N) is 1. The molecule has 13 heavy (non-hydrogen) atoms. The van der Waals surface area contributed by atoms with Gasteiger partial charge in [0.2, 0.25) is 0 Å². The first-order valence-corrected chi connectivity index (χ1v) is 5.56. The van der Waals surface area contributed by atoms with Gasteiger partial charge in [0.05, 0.1) is 4.87 Å². The second-order valence-electron chi connectivity index (χ2n) is 5.82. The molecule has 2 bridgehead atoms. The summed E-state index contributed by atoms with van der Waals surface area (Å²) in [7, 11) is 2.19. The molecule has 0 amide bonds. The summed E-state index contributed by atoms with van der Waals surface area (Å²) >= 11 is 6.74. The lowest BCUT2D eigenvalue weighted by molar-refractivity contribution is 0.00664. The Morgan fingerprint density at radius 1 is 1.08 bits per heavy atom. The van der Waals surface area contributed by atoms with Crippen molar-refractivity contribution >= 4 is 11.6 Å². The van der Waals surface area contributed by atoms with Crippen LogP contribution in [0.15, 0.2) is 0 Å². The summed E-state index contributed by atoms with van der Waals surface area (Å²) in [4.78, 5) is 2.42. The Labute approximate surface area is 86.4 Å². The number of likely N-dealkylation sites (tertiary alicyclic amines) is 1. The third-order valence-electron chi connectivity index (χ3n) is 4.84. The van der Waals surface area contributed by atoms with Gasteiger partial charge < -0.3 is 4.90 Å². The molecule has 2 fully saturated rings. The lowest BCUT2D eigenvalue weighted by Crippen LogP contribution is -2.58. The van der Waals surface area contributed by atoms with Gasteiger partial charge in [-0.2, -0.15) is 0 Å². The molecule has 0 aromatic heterocycles. The summed E-state index contributed by atoms with van der Waals surface area (Å²) in [5.41, 5.74) is 0.704. The summed E-state index contributed by atoms with van der Waals surface area (Å²) in [6, 6.07) is 0. The second-order valence-corrected chi connectivity index (χ2v) is 6.55. The first kappa shape index (κ1) is 9.79. The monoisotopic (exact) mass is 201 g/mol. The summed E-state index contributed by atoms with van der Waals surface area (Å²) in [6.45, 7) is 9.35. The highest BCUT2D eigenvalue weighted by Gasteiger charge is 2.62. The molecule has 2 heteroatoms. The molecule has 2 aliphatic rings. The smallest absolute Gasteiger partial charge is 0.0629 e. The minimum atomic E-state index is 0.0226. The normalized spacial score (nSPS) is 49.6. The van der Waals surface area contributed by atoms with E-state index < -0.39 is 0 Å². The largest absolute Gasteiger partial charge is 0.304 e. The third kappa shape index (κ3) is 1.04. The van der Waals surface area contributed by atoms with Crippen LogP contribution >= 0.6 is 11.6 Å². The Hall–Kier alpha value is 0.250. The van der Waals surface area contributed by atoms with Crippen molar-refractivity contribution in [2.24, 2.45) is 10.8 Å². The molecule has 1 saturated carbocycles. The lowest BCUT2D eigenvalue weighted by Gasteiger charge is -2.53. The molecule has 1 aliphatic heterocycles. The molecule has 0 aromatic carbocycles. The van der Waals surface area contributed by atoms with Gasteiger partial charge in [0, 0.05) is 13.1 Å². The van der Waals surface area contributed by atoms with Crippen LogP contribution in [-0.2, 0) is 0 Å². The minimum absolute atomic E-state index is 0.0226. The van der Waals surface area contributed by atoms with Gasteiger partial charge in [0.25, 0.3) is 0 Å². The van der Waals surface area contributed by atoms with Crippen molar-refractivity contribution < 1.29 is 0 Å². The summed E-state index contributed by atoms with van der Waals surface area (Å²) in [5, 5.41) is 0. The molecule has 2 rings (SSSR count). The quantitative estimate of drug-likeness (QED) is 0.545. The molecule has 0 radical (unpaired) electrons. The van der Waals surface area contributed by atoms with Crippen molar-refractivity contribution in [2.75, 3.05) is 20.1 Å². The molecule has 1 saturated heterocycles. The maximum absolute atomic E-state index is 6.74.